The third-order valence-electron chi connectivity index (χ3n) is 2.86. The van der Waals surface area contributed by atoms with Crippen molar-refractivity contribution in [1.82, 2.24) is 9.97 Å². The van der Waals surface area contributed by atoms with Gasteiger partial charge in [0.2, 0.25) is 0 Å². The lowest BCUT2D eigenvalue weighted by molar-refractivity contribution is 0.102. The Morgan fingerprint density at radius 3 is 2.64 bits per heavy atom. The van der Waals surface area contributed by atoms with Gasteiger partial charge < -0.3 is 15.8 Å². The third kappa shape index (κ3) is 3.14. The van der Waals surface area contributed by atoms with E-state index in [0.29, 0.717) is 5.75 Å². The van der Waals surface area contributed by atoms with Crippen molar-refractivity contribution in [3.05, 3.63) is 44.6 Å². The number of H-pyrrole nitrogens is 2. The van der Waals surface area contributed by atoms with Crippen LogP contribution in [-0.2, 0) is 0 Å². The monoisotopic (exact) mass is 322 g/mol. The Hall–Kier alpha value is -2.68. The molecule has 0 bridgehead atoms. The molecule has 5 N–H and O–H groups in total. The summed E-state index contributed by atoms with van der Waals surface area (Å²) < 4.78 is 5.18. The molecule has 9 heteroatoms. The van der Waals surface area contributed by atoms with E-state index in [4.69, 9.17) is 10.5 Å². The lowest BCUT2D eigenvalue weighted by Gasteiger charge is -2.11. The fourth-order valence-corrected chi connectivity index (χ4v) is 2.22. The van der Waals surface area contributed by atoms with Gasteiger partial charge in [-0.05, 0) is 24.5 Å². The lowest BCUT2D eigenvalue weighted by Crippen LogP contribution is -2.29. The Bertz CT molecular complexity index is 828. The first-order valence-corrected chi connectivity index (χ1v) is 7.34. The van der Waals surface area contributed by atoms with E-state index in [0.717, 1.165) is 4.90 Å². The molecule has 0 saturated heterocycles. The average Bonchev–Trinajstić information content (AvgIpc) is 2.49. The number of ether oxygens (including phenoxy) is 1. The number of amides is 1. The molecule has 1 amide bonds. The standard InChI is InChI=1S/C13H14N4O4S/c1-21-8-5-6(22-2)3-4-7(8)11(18)15-9-10(14)16-13(20)17-12(9)19/h3-5H,1-2H3,(H,15,18)(H4,14,16,17,19,20). The highest BCUT2D eigenvalue weighted by molar-refractivity contribution is 7.98. The maximum atomic E-state index is 12.3. The minimum atomic E-state index is -0.783. The molecule has 0 aliphatic carbocycles. The highest BCUT2D eigenvalue weighted by Gasteiger charge is 2.16. The second-order valence-electron chi connectivity index (χ2n) is 4.22. The molecule has 1 aromatic heterocycles. The maximum Gasteiger partial charge on any atom is 0.327 e. The molecule has 1 aromatic carbocycles. The van der Waals surface area contributed by atoms with Gasteiger partial charge in [0.05, 0.1) is 12.7 Å². The number of methoxy groups -OCH3 is 1. The van der Waals surface area contributed by atoms with E-state index >= 15 is 0 Å². The Labute approximate surface area is 129 Å². The summed E-state index contributed by atoms with van der Waals surface area (Å²) in [4.78, 5) is 40.1. The van der Waals surface area contributed by atoms with Gasteiger partial charge >= 0.3 is 5.69 Å². The predicted octanol–water partition coefficient (Wildman–Crippen LogP) is 0.628. The van der Waals surface area contributed by atoms with Gasteiger partial charge in [0.1, 0.15) is 17.3 Å². The number of thioether (sulfide) groups is 1. The van der Waals surface area contributed by atoms with E-state index in [1.165, 1.54) is 18.9 Å². The van der Waals surface area contributed by atoms with E-state index in [2.05, 4.69) is 10.3 Å². The minimum Gasteiger partial charge on any atom is -0.496 e. The molecule has 0 fully saturated rings. The van der Waals surface area contributed by atoms with E-state index in [-0.39, 0.29) is 17.1 Å². The van der Waals surface area contributed by atoms with Crippen LogP contribution >= 0.6 is 11.8 Å². The Balaban J connectivity index is 2.38. The molecule has 0 radical (unpaired) electrons. The zero-order chi connectivity index (χ0) is 16.3. The SMILES string of the molecule is COc1cc(SC)ccc1C(=O)Nc1c(N)[nH]c(=O)[nH]c1=O. The number of nitrogen functional groups attached to an aromatic ring is 1. The number of hydrogen-bond donors (Lipinski definition) is 4. The quantitative estimate of drug-likeness (QED) is 0.611. The summed E-state index contributed by atoms with van der Waals surface area (Å²) in [7, 11) is 1.44. The summed E-state index contributed by atoms with van der Waals surface area (Å²) in [6.45, 7) is 0. The van der Waals surface area contributed by atoms with Crippen LogP contribution in [0.3, 0.4) is 0 Å². The van der Waals surface area contributed by atoms with Gasteiger partial charge in [0.15, 0.2) is 0 Å². The Kier molecular flexibility index (Phi) is 4.56. The van der Waals surface area contributed by atoms with Gasteiger partial charge in [-0.2, -0.15) is 0 Å². The summed E-state index contributed by atoms with van der Waals surface area (Å²) in [6.07, 6.45) is 1.90. The van der Waals surface area contributed by atoms with Crippen LogP contribution in [0.1, 0.15) is 10.4 Å². The maximum absolute atomic E-state index is 12.3. The number of nitrogens with one attached hydrogen (secondary N) is 3. The molecule has 2 rings (SSSR count). The van der Waals surface area contributed by atoms with Gasteiger partial charge in [-0.25, -0.2) is 4.79 Å². The van der Waals surface area contributed by atoms with Crippen LogP contribution in [-0.4, -0.2) is 29.2 Å². The van der Waals surface area contributed by atoms with Crippen molar-refractivity contribution < 1.29 is 9.53 Å². The summed E-state index contributed by atoms with van der Waals surface area (Å²) in [6, 6.07) is 5.04. The molecule has 1 heterocycles. The molecule has 22 heavy (non-hydrogen) atoms. The third-order valence-corrected chi connectivity index (χ3v) is 3.59. The van der Waals surface area contributed by atoms with E-state index in [9.17, 15) is 14.4 Å². The molecule has 0 atom stereocenters. The van der Waals surface area contributed by atoms with Crippen LogP contribution in [0.15, 0.2) is 32.7 Å². The number of aromatic nitrogens is 2. The molecular weight excluding hydrogens is 308 g/mol. The molecule has 0 saturated carbocycles. The Morgan fingerprint density at radius 1 is 1.32 bits per heavy atom. The Morgan fingerprint density at radius 2 is 2.05 bits per heavy atom. The number of carbonyl (C=O) groups is 1. The topological polar surface area (TPSA) is 130 Å². The van der Waals surface area contributed by atoms with Crippen LogP contribution in [0.25, 0.3) is 0 Å². The molecule has 0 unspecified atom stereocenters. The molecule has 0 aliphatic rings. The number of hydrogen-bond acceptors (Lipinski definition) is 6. The van der Waals surface area contributed by atoms with Crippen molar-refractivity contribution in [2.24, 2.45) is 0 Å². The van der Waals surface area contributed by atoms with Gasteiger partial charge in [-0.3, -0.25) is 19.6 Å². The summed E-state index contributed by atoms with van der Waals surface area (Å²) in [5.41, 5.74) is 4.03. The van der Waals surface area contributed by atoms with Crippen LogP contribution < -0.4 is 27.0 Å². The highest BCUT2D eigenvalue weighted by Crippen LogP contribution is 2.26. The van der Waals surface area contributed by atoms with Gasteiger partial charge in [0, 0.05) is 4.90 Å². The number of anilines is 2. The first-order valence-electron chi connectivity index (χ1n) is 6.11. The van der Waals surface area contributed by atoms with Crippen molar-refractivity contribution in [2.45, 2.75) is 4.90 Å². The van der Waals surface area contributed by atoms with Gasteiger partial charge in [-0.1, -0.05) is 0 Å². The molecule has 0 spiro atoms. The van der Waals surface area contributed by atoms with Crippen molar-refractivity contribution in [1.29, 1.82) is 0 Å². The fourth-order valence-electron chi connectivity index (χ4n) is 1.80. The number of benzene rings is 1. The largest absolute Gasteiger partial charge is 0.496 e. The van der Waals surface area contributed by atoms with Crippen molar-refractivity contribution in [3.8, 4) is 5.75 Å². The molecule has 8 nitrogen and oxygen atoms in total. The smallest absolute Gasteiger partial charge is 0.327 e. The van der Waals surface area contributed by atoms with E-state index < -0.39 is 17.2 Å². The summed E-state index contributed by atoms with van der Waals surface area (Å²) in [5, 5.41) is 2.37. The van der Waals surface area contributed by atoms with Crippen molar-refractivity contribution in [3.63, 3.8) is 0 Å². The van der Waals surface area contributed by atoms with Crippen LogP contribution in [0, 0.1) is 0 Å². The zero-order valence-electron chi connectivity index (χ0n) is 11.9. The van der Waals surface area contributed by atoms with Gasteiger partial charge in [-0.15, -0.1) is 11.8 Å². The van der Waals surface area contributed by atoms with Crippen LogP contribution in [0.2, 0.25) is 0 Å². The first kappa shape index (κ1) is 15.7. The second-order valence-corrected chi connectivity index (χ2v) is 5.10. The number of carbonyl (C=O) groups excluding carboxylic acids is 1. The summed E-state index contributed by atoms with van der Waals surface area (Å²) in [5.74, 6) is -0.431. The normalized spacial score (nSPS) is 10.3. The molecule has 116 valence electrons. The number of rotatable bonds is 4. The van der Waals surface area contributed by atoms with Crippen molar-refractivity contribution >= 4 is 29.2 Å². The van der Waals surface area contributed by atoms with Crippen LogP contribution in [0.4, 0.5) is 11.5 Å². The first-order chi connectivity index (χ1) is 10.5. The number of aromatic amines is 2. The van der Waals surface area contributed by atoms with Crippen molar-refractivity contribution in [2.75, 3.05) is 24.4 Å². The highest BCUT2D eigenvalue weighted by atomic mass is 32.2. The minimum absolute atomic E-state index is 0.221. The molecule has 2 aromatic rings. The van der Waals surface area contributed by atoms with Crippen LogP contribution in [0.5, 0.6) is 5.75 Å². The average molecular weight is 322 g/mol. The predicted molar refractivity (Wildman–Crippen MR) is 84.8 cm³/mol. The molecule has 0 aliphatic heterocycles. The van der Waals surface area contributed by atoms with Gasteiger partial charge in [0.25, 0.3) is 11.5 Å². The van der Waals surface area contributed by atoms with E-state index in [1.54, 1.807) is 18.2 Å². The van der Waals surface area contributed by atoms with E-state index in [1.807, 2.05) is 11.2 Å². The fraction of sp³-hybridized carbons (Fsp3) is 0.154. The second kappa shape index (κ2) is 6.39. The summed E-state index contributed by atoms with van der Waals surface area (Å²) >= 11 is 1.50. The molecular formula is C13H14N4O4S. The zero-order valence-corrected chi connectivity index (χ0v) is 12.7. The number of nitrogens with two attached hydrogens (primary N) is 1. The lowest BCUT2D eigenvalue weighted by atomic mass is 10.2.